The molecule has 12 heteroatoms. The first-order chi connectivity index (χ1) is 17.6. The second-order valence-corrected chi connectivity index (χ2v) is 10.7. The molecule has 1 atom stereocenters. The first-order valence-electron chi connectivity index (χ1n) is 12.3. The largest absolute Gasteiger partial charge is 0.465 e. The Labute approximate surface area is 220 Å². The van der Waals surface area contributed by atoms with Gasteiger partial charge in [0.25, 0.3) is 0 Å². The van der Waals surface area contributed by atoms with Gasteiger partial charge >= 0.3 is 6.09 Å². The molecule has 0 bridgehead atoms. The number of hydrogen-bond acceptors (Lipinski definition) is 7. The van der Waals surface area contributed by atoms with Crippen molar-refractivity contribution in [1.82, 2.24) is 29.2 Å². The van der Waals surface area contributed by atoms with Gasteiger partial charge in [-0.2, -0.15) is 4.98 Å². The van der Waals surface area contributed by atoms with E-state index in [0.717, 1.165) is 11.3 Å². The standard InChI is InChI=1S/C25H31ClN8O3/c1-16-13-31(9-10-33(16)24(36)37)23-28-11-18(26)21(29-23)32-14-17(15-32)22(35)30(4)25(2,3)19-12-27-20-7-5-6-8-34(19)20/h5-8,11-12,16-17H,9-10,13-15H2,1-4H3,(H,36,37)/t16-/m0/s1. The third kappa shape index (κ3) is 4.41. The molecule has 0 aliphatic carbocycles. The lowest BCUT2D eigenvalue weighted by Crippen LogP contribution is -2.57. The summed E-state index contributed by atoms with van der Waals surface area (Å²) in [5.74, 6) is 0.970. The monoisotopic (exact) mass is 526 g/mol. The minimum atomic E-state index is -0.921. The van der Waals surface area contributed by atoms with E-state index in [1.165, 1.54) is 4.90 Å². The van der Waals surface area contributed by atoms with Gasteiger partial charge in [0, 0.05) is 52.0 Å². The molecule has 0 saturated carbocycles. The summed E-state index contributed by atoms with van der Waals surface area (Å²) in [5, 5.41) is 9.76. The summed E-state index contributed by atoms with van der Waals surface area (Å²) in [7, 11) is 1.83. The van der Waals surface area contributed by atoms with Crippen molar-refractivity contribution in [2.75, 3.05) is 49.6 Å². The molecule has 2 aliphatic rings. The van der Waals surface area contributed by atoms with Crippen LogP contribution < -0.4 is 9.80 Å². The van der Waals surface area contributed by atoms with Crippen LogP contribution in [0.4, 0.5) is 16.6 Å². The fourth-order valence-corrected chi connectivity index (χ4v) is 5.27. The zero-order chi connectivity index (χ0) is 26.5. The molecule has 11 nitrogen and oxygen atoms in total. The average molecular weight is 527 g/mol. The van der Waals surface area contributed by atoms with Gasteiger partial charge in [-0.15, -0.1) is 0 Å². The van der Waals surface area contributed by atoms with Gasteiger partial charge in [0.15, 0.2) is 5.82 Å². The number of aromatic nitrogens is 4. The molecule has 2 fully saturated rings. The summed E-state index contributed by atoms with van der Waals surface area (Å²) in [6.07, 6.45) is 4.43. The Morgan fingerprint density at radius 3 is 2.57 bits per heavy atom. The van der Waals surface area contributed by atoms with Crippen molar-refractivity contribution >= 4 is 41.0 Å². The molecular formula is C25H31ClN8O3. The number of piperazine rings is 1. The van der Waals surface area contributed by atoms with Crippen LogP contribution in [0.3, 0.4) is 0 Å². The molecule has 0 spiro atoms. The van der Waals surface area contributed by atoms with Gasteiger partial charge in [-0.25, -0.2) is 14.8 Å². The molecule has 1 N–H and O–H groups in total. The summed E-state index contributed by atoms with van der Waals surface area (Å²) >= 11 is 6.45. The molecule has 2 saturated heterocycles. The van der Waals surface area contributed by atoms with Crippen molar-refractivity contribution in [1.29, 1.82) is 0 Å². The molecule has 0 unspecified atom stereocenters. The number of fused-ring (bicyclic) bond motifs is 1. The normalized spacial score (nSPS) is 18.7. The van der Waals surface area contributed by atoms with Gasteiger partial charge in [-0.05, 0) is 32.9 Å². The maximum Gasteiger partial charge on any atom is 0.407 e. The fourth-order valence-electron chi connectivity index (χ4n) is 5.06. The quantitative estimate of drug-likeness (QED) is 0.540. The van der Waals surface area contributed by atoms with Crippen LogP contribution in [0.2, 0.25) is 5.02 Å². The summed E-state index contributed by atoms with van der Waals surface area (Å²) in [5.41, 5.74) is 1.22. The molecule has 0 radical (unpaired) electrons. The van der Waals surface area contributed by atoms with Crippen LogP contribution in [-0.2, 0) is 10.3 Å². The number of carbonyl (C=O) groups excluding carboxylic acids is 1. The van der Waals surface area contributed by atoms with E-state index in [1.807, 2.05) is 72.6 Å². The van der Waals surface area contributed by atoms with E-state index in [2.05, 4.69) is 9.97 Å². The van der Waals surface area contributed by atoms with Crippen LogP contribution in [0.15, 0.2) is 36.8 Å². The Morgan fingerprint density at radius 1 is 1.11 bits per heavy atom. The van der Waals surface area contributed by atoms with Gasteiger partial charge < -0.3 is 29.1 Å². The Kier molecular flexibility index (Phi) is 6.35. The van der Waals surface area contributed by atoms with E-state index in [9.17, 15) is 14.7 Å². The second kappa shape index (κ2) is 9.37. The summed E-state index contributed by atoms with van der Waals surface area (Å²) in [4.78, 5) is 45.6. The average Bonchev–Trinajstić information content (AvgIpc) is 3.28. The third-order valence-electron chi connectivity index (χ3n) is 7.61. The molecule has 196 valence electrons. The molecule has 3 aromatic heterocycles. The maximum atomic E-state index is 13.4. The number of imidazole rings is 1. The predicted molar refractivity (Wildman–Crippen MR) is 140 cm³/mol. The number of anilines is 2. The first kappa shape index (κ1) is 25.1. The third-order valence-corrected chi connectivity index (χ3v) is 7.88. The smallest absolute Gasteiger partial charge is 0.407 e. The molecule has 2 amide bonds. The van der Waals surface area contributed by atoms with Gasteiger partial charge in [0.2, 0.25) is 11.9 Å². The van der Waals surface area contributed by atoms with E-state index < -0.39 is 11.6 Å². The van der Waals surface area contributed by atoms with Crippen LogP contribution in [0.5, 0.6) is 0 Å². The fraction of sp³-hybridized carbons (Fsp3) is 0.480. The molecule has 0 aromatic carbocycles. The van der Waals surface area contributed by atoms with E-state index in [4.69, 9.17) is 16.6 Å². The van der Waals surface area contributed by atoms with Crippen LogP contribution in [-0.4, -0.2) is 92.1 Å². The van der Waals surface area contributed by atoms with Crippen LogP contribution in [0.1, 0.15) is 26.5 Å². The zero-order valence-corrected chi connectivity index (χ0v) is 22.1. The van der Waals surface area contributed by atoms with Crippen molar-refractivity contribution in [3.05, 3.63) is 47.5 Å². The number of halogens is 1. The minimum absolute atomic E-state index is 0.0520. The van der Waals surface area contributed by atoms with Gasteiger partial charge in [0.05, 0.1) is 29.5 Å². The lowest BCUT2D eigenvalue weighted by Gasteiger charge is -2.44. The van der Waals surface area contributed by atoms with Crippen molar-refractivity contribution in [2.45, 2.75) is 32.4 Å². The highest BCUT2D eigenvalue weighted by Crippen LogP contribution is 2.34. The number of hydrogen-bond donors (Lipinski definition) is 1. The number of nitrogens with zero attached hydrogens (tertiary/aromatic N) is 8. The van der Waals surface area contributed by atoms with E-state index in [0.29, 0.717) is 49.5 Å². The van der Waals surface area contributed by atoms with E-state index in [-0.39, 0.29) is 17.9 Å². The van der Waals surface area contributed by atoms with Gasteiger partial charge in [0.1, 0.15) is 10.7 Å². The highest BCUT2D eigenvalue weighted by atomic mass is 35.5. The highest BCUT2D eigenvalue weighted by molar-refractivity contribution is 6.32. The first-order valence-corrected chi connectivity index (χ1v) is 12.7. The van der Waals surface area contributed by atoms with Crippen LogP contribution >= 0.6 is 11.6 Å². The van der Waals surface area contributed by atoms with E-state index in [1.54, 1.807) is 11.1 Å². The van der Waals surface area contributed by atoms with Crippen molar-refractivity contribution < 1.29 is 14.7 Å². The minimum Gasteiger partial charge on any atom is -0.465 e. The molecule has 37 heavy (non-hydrogen) atoms. The van der Waals surface area contributed by atoms with E-state index >= 15 is 0 Å². The Morgan fingerprint density at radius 2 is 1.86 bits per heavy atom. The van der Waals surface area contributed by atoms with Gasteiger partial charge in [-0.3, -0.25) is 4.79 Å². The number of amides is 2. The Balaban J connectivity index is 1.26. The molecule has 5 rings (SSSR count). The molecule has 5 heterocycles. The molecule has 2 aliphatic heterocycles. The number of pyridine rings is 1. The Hall–Kier alpha value is -3.60. The molecule has 3 aromatic rings. The number of carbonyl (C=O) groups is 2. The van der Waals surface area contributed by atoms with Gasteiger partial charge in [-0.1, -0.05) is 17.7 Å². The van der Waals surface area contributed by atoms with Crippen molar-refractivity contribution in [3.8, 4) is 0 Å². The summed E-state index contributed by atoms with van der Waals surface area (Å²) < 4.78 is 2.01. The summed E-state index contributed by atoms with van der Waals surface area (Å²) in [6, 6.07) is 5.66. The van der Waals surface area contributed by atoms with Crippen LogP contribution in [0.25, 0.3) is 5.65 Å². The summed E-state index contributed by atoms with van der Waals surface area (Å²) in [6.45, 7) is 8.31. The van der Waals surface area contributed by atoms with Crippen molar-refractivity contribution in [3.63, 3.8) is 0 Å². The lowest BCUT2D eigenvalue weighted by molar-refractivity contribution is -0.140. The van der Waals surface area contributed by atoms with Crippen molar-refractivity contribution in [2.24, 2.45) is 5.92 Å². The second-order valence-electron chi connectivity index (χ2n) is 10.2. The maximum absolute atomic E-state index is 13.4. The Bertz CT molecular complexity index is 1340. The number of carboxylic acid groups (broad SMARTS) is 1. The highest BCUT2D eigenvalue weighted by Gasteiger charge is 2.41. The zero-order valence-electron chi connectivity index (χ0n) is 21.4. The predicted octanol–water partition coefficient (Wildman–Crippen LogP) is 2.80. The van der Waals surface area contributed by atoms with Crippen LogP contribution in [0, 0.1) is 5.92 Å². The number of rotatable bonds is 5. The lowest BCUT2D eigenvalue weighted by atomic mass is 9.93. The molecular weight excluding hydrogens is 496 g/mol. The SMILES string of the molecule is C[C@H]1CN(c2ncc(Cl)c(N3CC(C(=O)N(C)C(C)(C)c4cnc5ccccn45)C3)n2)CCN1C(=O)O. The topological polar surface area (TPSA) is 110 Å².